The number of para-hydroxylation sites is 1. The zero-order chi connectivity index (χ0) is 22.3. The van der Waals surface area contributed by atoms with E-state index in [0.717, 1.165) is 11.3 Å². The molecule has 0 aliphatic carbocycles. The summed E-state index contributed by atoms with van der Waals surface area (Å²) in [5.74, 6) is -1.03. The lowest BCUT2D eigenvalue weighted by atomic mass is 9.96. The van der Waals surface area contributed by atoms with Crippen molar-refractivity contribution < 1.29 is 34.4 Å². The molecule has 1 aliphatic rings. The highest BCUT2D eigenvalue weighted by atomic mass is 32.1. The number of aliphatic hydroxyl groups excluding tert-OH is 3. The Labute approximate surface area is 181 Å². The summed E-state index contributed by atoms with van der Waals surface area (Å²) in [6.45, 7) is 1.81. The van der Waals surface area contributed by atoms with E-state index in [1.54, 1.807) is 35.8 Å². The van der Waals surface area contributed by atoms with Gasteiger partial charge in [-0.3, -0.25) is 4.79 Å². The average Bonchev–Trinajstić information content (AvgIpc) is 3.43. The number of aliphatic hydroxyl groups is 3. The number of hydrogen-bond acceptors (Lipinski definition) is 9. The molecule has 1 fully saturated rings. The largest absolute Gasteiger partial charge is 0.464 e. The topological polar surface area (TPSA) is 131 Å². The maximum Gasteiger partial charge on any atom is 0.357 e. The number of nitrogens with zero attached hydrogens (tertiary/aromatic N) is 2. The number of ether oxygens (including phenoxy) is 2. The summed E-state index contributed by atoms with van der Waals surface area (Å²) in [5.41, 5.74) is 0.970. The van der Waals surface area contributed by atoms with E-state index in [-0.39, 0.29) is 10.7 Å². The first-order chi connectivity index (χ1) is 14.9. The molecule has 5 atom stereocenters. The number of carbonyl (C=O) groups excluding carboxylic acids is 2. The molecule has 1 aliphatic heterocycles. The Bertz CT molecular complexity index is 1120. The second-order valence-electron chi connectivity index (χ2n) is 7.27. The third-order valence-corrected chi connectivity index (χ3v) is 6.28. The van der Waals surface area contributed by atoms with Gasteiger partial charge in [0.05, 0.1) is 24.3 Å². The molecule has 2 aromatic heterocycles. The molecule has 0 amide bonds. The SMILES string of the molecule is CCC1OC(n2cc(C(=O)c3nc(C(=O)OC)cs3)c3ccccc32)C(O)C(O)C1O. The van der Waals surface area contributed by atoms with Crippen LogP contribution in [0.1, 0.15) is 45.4 Å². The molecule has 0 saturated carbocycles. The number of hydrogen-bond donors (Lipinski definition) is 3. The number of thiazole rings is 1. The first kappa shape index (κ1) is 21.6. The van der Waals surface area contributed by atoms with Gasteiger partial charge in [-0.15, -0.1) is 11.3 Å². The molecule has 31 heavy (non-hydrogen) atoms. The van der Waals surface area contributed by atoms with Gasteiger partial charge in [0.2, 0.25) is 5.78 Å². The molecular formula is C21H22N2O7S. The highest BCUT2D eigenvalue weighted by molar-refractivity contribution is 7.12. The van der Waals surface area contributed by atoms with Gasteiger partial charge in [-0.1, -0.05) is 25.1 Å². The summed E-state index contributed by atoms with van der Waals surface area (Å²) in [6, 6.07) is 7.08. The van der Waals surface area contributed by atoms with E-state index in [0.29, 0.717) is 22.9 Å². The quantitative estimate of drug-likeness (QED) is 0.397. The number of aromatic nitrogens is 2. The van der Waals surface area contributed by atoms with Crippen LogP contribution in [0.15, 0.2) is 35.8 Å². The third-order valence-electron chi connectivity index (χ3n) is 5.44. The van der Waals surface area contributed by atoms with Crippen LogP contribution in [0.5, 0.6) is 0 Å². The lowest BCUT2D eigenvalue weighted by Gasteiger charge is -2.41. The van der Waals surface area contributed by atoms with Gasteiger partial charge >= 0.3 is 5.97 Å². The van der Waals surface area contributed by atoms with Crippen molar-refractivity contribution in [3.8, 4) is 0 Å². The molecule has 3 heterocycles. The molecule has 0 spiro atoms. The van der Waals surface area contributed by atoms with E-state index in [9.17, 15) is 24.9 Å². The molecule has 9 nitrogen and oxygen atoms in total. The first-order valence-corrected chi connectivity index (χ1v) is 10.6. The number of benzene rings is 1. The summed E-state index contributed by atoms with van der Waals surface area (Å²) in [5, 5.41) is 33.2. The van der Waals surface area contributed by atoms with Crippen LogP contribution in [-0.4, -0.2) is 68.1 Å². The van der Waals surface area contributed by atoms with Gasteiger partial charge in [0.1, 0.15) is 18.3 Å². The van der Waals surface area contributed by atoms with Crippen LogP contribution >= 0.6 is 11.3 Å². The number of rotatable bonds is 5. The molecule has 0 radical (unpaired) electrons. The van der Waals surface area contributed by atoms with Gasteiger partial charge < -0.3 is 29.4 Å². The Balaban J connectivity index is 1.77. The highest BCUT2D eigenvalue weighted by Gasteiger charge is 2.44. The molecule has 164 valence electrons. The zero-order valence-electron chi connectivity index (χ0n) is 16.8. The van der Waals surface area contributed by atoms with Gasteiger partial charge in [-0.25, -0.2) is 9.78 Å². The predicted octanol–water partition coefficient (Wildman–Crippen LogP) is 1.51. The fourth-order valence-corrected chi connectivity index (χ4v) is 4.53. The second kappa shape index (κ2) is 8.48. The molecule has 3 aromatic rings. The molecule has 1 aromatic carbocycles. The second-order valence-corrected chi connectivity index (χ2v) is 8.13. The summed E-state index contributed by atoms with van der Waals surface area (Å²) >= 11 is 1.03. The minimum Gasteiger partial charge on any atom is -0.464 e. The molecule has 3 N–H and O–H groups in total. The normalized spacial score (nSPS) is 26.2. The third kappa shape index (κ3) is 3.66. The van der Waals surface area contributed by atoms with Crippen LogP contribution < -0.4 is 0 Å². The van der Waals surface area contributed by atoms with E-state index in [1.165, 1.54) is 18.7 Å². The fraction of sp³-hybridized carbons (Fsp3) is 0.381. The van der Waals surface area contributed by atoms with Crippen LogP contribution in [0.4, 0.5) is 0 Å². The van der Waals surface area contributed by atoms with Gasteiger partial charge in [0, 0.05) is 17.0 Å². The van der Waals surface area contributed by atoms with Gasteiger partial charge in [0.15, 0.2) is 16.9 Å². The van der Waals surface area contributed by atoms with Crippen LogP contribution in [0.2, 0.25) is 0 Å². The van der Waals surface area contributed by atoms with Gasteiger partial charge in [-0.2, -0.15) is 0 Å². The van der Waals surface area contributed by atoms with Crippen LogP contribution in [0.3, 0.4) is 0 Å². The lowest BCUT2D eigenvalue weighted by molar-refractivity contribution is -0.244. The van der Waals surface area contributed by atoms with Crippen LogP contribution in [-0.2, 0) is 9.47 Å². The molecule has 1 saturated heterocycles. The van der Waals surface area contributed by atoms with Gasteiger partial charge in [0.25, 0.3) is 0 Å². The van der Waals surface area contributed by atoms with Crippen LogP contribution in [0, 0.1) is 0 Å². The number of carbonyl (C=O) groups is 2. The van der Waals surface area contributed by atoms with E-state index in [1.807, 2.05) is 0 Å². The first-order valence-electron chi connectivity index (χ1n) is 9.75. The Kier molecular flexibility index (Phi) is 5.91. The Hall–Kier alpha value is -2.63. The van der Waals surface area contributed by atoms with Crippen molar-refractivity contribution in [2.24, 2.45) is 0 Å². The zero-order valence-corrected chi connectivity index (χ0v) is 17.7. The fourth-order valence-electron chi connectivity index (χ4n) is 3.79. The predicted molar refractivity (Wildman–Crippen MR) is 111 cm³/mol. The summed E-state index contributed by atoms with van der Waals surface area (Å²) in [6.07, 6.45) is -3.72. The van der Waals surface area contributed by atoms with E-state index in [2.05, 4.69) is 9.72 Å². The Morgan fingerprint density at radius 3 is 2.65 bits per heavy atom. The number of ketones is 1. The van der Waals surface area contributed by atoms with E-state index in [4.69, 9.17) is 4.74 Å². The lowest BCUT2D eigenvalue weighted by Crippen LogP contribution is -2.55. The maximum absolute atomic E-state index is 13.2. The van der Waals surface area contributed by atoms with Crippen molar-refractivity contribution in [2.45, 2.75) is 44.0 Å². The number of methoxy groups -OCH3 is 1. The standard InChI is InChI=1S/C21H22N2O7S/c1-3-14-16(25)17(26)18(27)20(30-14)23-8-11(10-6-4-5-7-13(10)23)15(24)19-22-12(9-31-19)21(28)29-2/h4-9,14,16-18,20,25-27H,3H2,1-2H3. The van der Waals surface area contributed by atoms with E-state index >= 15 is 0 Å². The Morgan fingerprint density at radius 2 is 1.94 bits per heavy atom. The summed E-state index contributed by atoms with van der Waals surface area (Å²) in [7, 11) is 1.24. The monoisotopic (exact) mass is 446 g/mol. The van der Waals surface area contributed by atoms with Crippen molar-refractivity contribution in [2.75, 3.05) is 7.11 Å². The van der Waals surface area contributed by atoms with Crippen LogP contribution in [0.25, 0.3) is 10.9 Å². The van der Waals surface area contributed by atoms with E-state index < -0.39 is 42.4 Å². The number of esters is 1. The Morgan fingerprint density at radius 1 is 1.19 bits per heavy atom. The summed E-state index contributed by atoms with van der Waals surface area (Å²) < 4.78 is 12.1. The van der Waals surface area contributed by atoms with Crippen molar-refractivity contribution in [1.29, 1.82) is 0 Å². The summed E-state index contributed by atoms with van der Waals surface area (Å²) in [4.78, 5) is 28.9. The highest BCUT2D eigenvalue weighted by Crippen LogP contribution is 2.34. The minimum atomic E-state index is -1.40. The van der Waals surface area contributed by atoms with Gasteiger partial charge in [-0.05, 0) is 12.5 Å². The maximum atomic E-state index is 13.2. The molecule has 0 bridgehead atoms. The van der Waals surface area contributed by atoms with Crippen molar-refractivity contribution in [3.63, 3.8) is 0 Å². The van der Waals surface area contributed by atoms with Crippen molar-refractivity contribution in [1.82, 2.24) is 9.55 Å². The molecular weight excluding hydrogens is 424 g/mol. The molecule has 10 heteroatoms. The molecule has 4 rings (SSSR count). The smallest absolute Gasteiger partial charge is 0.357 e. The van der Waals surface area contributed by atoms with Crippen molar-refractivity contribution >= 4 is 34.0 Å². The molecule has 5 unspecified atom stereocenters. The number of fused-ring (bicyclic) bond motifs is 1. The minimum absolute atomic E-state index is 0.0496. The van der Waals surface area contributed by atoms with Crippen molar-refractivity contribution in [3.05, 3.63) is 52.1 Å². The average molecular weight is 446 g/mol.